The summed E-state index contributed by atoms with van der Waals surface area (Å²) in [4.78, 5) is 38.2. The molecule has 8 nitrogen and oxygen atoms in total. The molecular formula is C24H24ClN3O5. The lowest BCUT2D eigenvalue weighted by atomic mass is 10.1. The molecule has 0 radical (unpaired) electrons. The molecule has 4 amide bonds. The van der Waals surface area contributed by atoms with Gasteiger partial charge in [0.1, 0.15) is 18.8 Å². The molecule has 0 saturated carbocycles. The molecule has 1 aliphatic heterocycles. The summed E-state index contributed by atoms with van der Waals surface area (Å²) in [7, 11) is 0. The molecule has 9 heteroatoms. The molecule has 172 valence electrons. The van der Waals surface area contributed by atoms with Crippen molar-refractivity contribution in [1.29, 1.82) is 0 Å². The zero-order valence-electron chi connectivity index (χ0n) is 18.3. The largest absolute Gasteiger partial charge is 0.490 e. The number of hydrogen-bond donors (Lipinski definition) is 2. The van der Waals surface area contributed by atoms with E-state index in [0.29, 0.717) is 29.4 Å². The third-order valence-corrected chi connectivity index (χ3v) is 4.87. The molecule has 0 spiro atoms. The number of nitrogens with one attached hydrogen (secondary N) is 2. The number of anilines is 1. The van der Waals surface area contributed by atoms with Crippen LogP contribution >= 0.6 is 11.6 Å². The third kappa shape index (κ3) is 5.93. The van der Waals surface area contributed by atoms with Crippen LogP contribution in [-0.4, -0.2) is 42.5 Å². The van der Waals surface area contributed by atoms with Crippen molar-refractivity contribution in [1.82, 2.24) is 10.2 Å². The van der Waals surface area contributed by atoms with Crippen molar-refractivity contribution in [3.8, 4) is 11.5 Å². The van der Waals surface area contributed by atoms with Gasteiger partial charge in [0, 0.05) is 5.69 Å². The molecule has 1 heterocycles. The lowest BCUT2D eigenvalue weighted by molar-refractivity contribution is -0.127. The molecule has 0 bridgehead atoms. The van der Waals surface area contributed by atoms with E-state index >= 15 is 0 Å². The molecular weight excluding hydrogens is 446 g/mol. The fourth-order valence-corrected chi connectivity index (χ4v) is 3.35. The standard InChI is InChI=1S/C24H24ClN3O5/c1-4-10-33-22-18(25)11-16(13-20(22)32-5-2)12-19-23(30)28(24(31)27-19)14-21(29)26-17-8-6-15(3)7-9-17/h4,6-9,11-13H,1,5,10,14H2,2-3H3,(H,26,29)(H,27,31)/b19-12+. The summed E-state index contributed by atoms with van der Waals surface area (Å²) in [5, 5.41) is 5.43. The van der Waals surface area contributed by atoms with E-state index in [1.54, 1.807) is 30.3 Å². The number of urea groups is 1. The van der Waals surface area contributed by atoms with E-state index in [2.05, 4.69) is 17.2 Å². The predicted octanol–water partition coefficient (Wildman–Crippen LogP) is 4.14. The van der Waals surface area contributed by atoms with Crippen LogP contribution in [-0.2, 0) is 9.59 Å². The molecule has 33 heavy (non-hydrogen) atoms. The minimum atomic E-state index is -0.688. The topological polar surface area (TPSA) is 97.0 Å². The highest BCUT2D eigenvalue weighted by Crippen LogP contribution is 2.37. The quantitative estimate of drug-likeness (QED) is 0.327. The Morgan fingerprint density at radius 2 is 1.94 bits per heavy atom. The van der Waals surface area contributed by atoms with E-state index in [1.165, 1.54) is 6.08 Å². The second-order valence-electron chi connectivity index (χ2n) is 7.16. The van der Waals surface area contributed by atoms with Crippen LogP contribution in [0.5, 0.6) is 11.5 Å². The van der Waals surface area contributed by atoms with Crippen molar-refractivity contribution in [3.05, 3.63) is 70.9 Å². The Hall–Kier alpha value is -3.78. The van der Waals surface area contributed by atoms with Crippen molar-refractivity contribution < 1.29 is 23.9 Å². The van der Waals surface area contributed by atoms with E-state index in [4.69, 9.17) is 21.1 Å². The number of aryl methyl sites for hydroxylation is 1. The molecule has 0 aromatic heterocycles. The highest BCUT2D eigenvalue weighted by molar-refractivity contribution is 6.32. The molecule has 2 N–H and O–H groups in total. The van der Waals surface area contributed by atoms with Crippen LogP contribution in [0.25, 0.3) is 6.08 Å². The Morgan fingerprint density at radius 3 is 2.61 bits per heavy atom. The number of benzene rings is 2. The smallest absolute Gasteiger partial charge is 0.329 e. The van der Waals surface area contributed by atoms with Crippen molar-refractivity contribution in [2.45, 2.75) is 13.8 Å². The Labute approximate surface area is 196 Å². The van der Waals surface area contributed by atoms with E-state index in [9.17, 15) is 14.4 Å². The Balaban J connectivity index is 1.76. The summed E-state index contributed by atoms with van der Waals surface area (Å²) in [5.74, 6) is -0.365. The average molecular weight is 470 g/mol. The molecule has 1 aliphatic rings. The van der Waals surface area contributed by atoms with Gasteiger partial charge in [0.2, 0.25) is 5.91 Å². The molecule has 2 aromatic carbocycles. The molecule has 2 aromatic rings. The third-order valence-electron chi connectivity index (χ3n) is 4.59. The molecule has 1 saturated heterocycles. The first-order valence-electron chi connectivity index (χ1n) is 10.2. The van der Waals surface area contributed by atoms with Gasteiger partial charge in [0.25, 0.3) is 5.91 Å². The predicted molar refractivity (Wildman–Crippen MR) is 126 cm³/mol. The summed E-state index contributed by atoms with van der Waals surface area (Å²) < 4.78 is 11.2. The Kier molecular flexibility index (Phi) is 7.74. The Morgan fingerprint density at radius 1 is 1.21 bits per heavy atom. The first-order valence-corrected chi connectivity index (χ1v) is 10.6. The van der Waals surface area contributed by atoms with Gasteiger partial charge in [-0.25, -0.2) is 9.69 Å². The van der Waals surface area contributed by atoms with Crippen LogP contribution in [0.15, 0.2) is 54.8 Å². The summed E-state index contributed by atoms with van der Waals surface area (Å²) in [6.45, 7) is 7.55. The van der Waals surface area contributed by atoms with Gasteiger partial charge in [-0.3, -0.25) is 9.59 Å². The van der Waals surface area contributed by atoms with Gasteiger partial charge < -0.3 is 20.1 Å². The zero-order chi connectivity index (χ0) is 24.0. The van der Waals surface area contributed by atoms with E-state index in [-0.39, 0.29) is 17.3 Å². The van der Waals surface area contributed by atoms with Gasteiger partial charge in [-0.1, -0.05) is 42.0 Å². The summed E-state index contributed by atoms with van der Waals surface area (Å²) >= 11 is 6.34. The van der Waals surface area contributed by atoms with Gasteiger partial charge in [0.15, 0.2) is 11.5 Å². The lowest BCUT2D eigenvalue weighted by Crippen LogP contribution is -2.38. The molecule has 3 rings (SSSR count). The first-order chi connectivity index (χ1) is 15.8. The van der Waals surface area contributed by atoms with Crippen LogP contribution in [0.2, 0.25) is 5.02 Å². The summed E-state index contributed by atoms with van der Waals surface area (Å²) in [6.07, 6.45) is 3.04. The second kappa shape index (κ2) is 10.7. The van der Waals surface area contributed by atoms with Crippen molar-refractivity contribution in [2.24, 2.45) is 0 Å². The molecule has 1 fully saturated rings. The monoisotopic (exact) mass is 469 g/mol. The van der Waals surface area contributed by atoms with E-state index < -0.39 is 24.4 Å². The Bertz CT molecular complexity index is 1110. The number of carbonyl (C=O) groups excluding carboxylic acids is 3. The fourth-order valence-electron chi connectivity index (χ4n) is 3.08. The van der Waals surface area contributed by atoms with Gasteiger partial charge in [-0.15, -0.1) is 0 Å². The van der Waals surface area contributed by atoms with Crippen LogP contribution in [0, 0.1) is 6.92 Å². The van der Waals surface area contributed by atoms with E-state index in [1.807, 2.05) is 26.0 Å². The van der Waals surface area contributed by atoms with Crippen molar-refractivity contribution in [2.75, 3.05) is 25.1 Å². The first kappa shape index (κ1) is 23.9. The van der Waals surface area contributed by atoms with Crippen molar-refractivity contribution in [3.63, 3.8) is 0 Å². The van der Waals surface area contributed by atoms with Gasteiger partial charge in [-0.2, -0.15) is 0 Å². The highest BCUT2D eigenvalue weighted by Gasteiger charge is 2.35. The van der Waals surface area contributed by atoms with Crippen LogP contribution in [0.1, 0.15) is 18.1 Å². The lowest BCUT2D eigenvalue weighted by Gasteiger charge is -2.13. The number of nitrogens with zero attached hydrogens (tertiary/aromatic N) is 1. The number of ether oxygens (including phenoxy) is 2. The van der Waals surface area contributed by atoms with Gasteiger partial charge in [-0.05, 0) is 49.8 Å². The summed E-state index contributed by atoms with van der Waals surface area (Å²) in [6, 6.07) is 9.72. The maximum absolute atomic E-state index is 12.8. The van der Waals surface area contributed by atoms with Gasteiger partial charge >= 0.3 is 6.03 Å². The number of imide groups is 1. The molecule has 0 atom stereocenters. The molecule has 0 unspecified atom stereocenters. The minimum Gasteiger partial charge on any atom is -0.490 e. The highest BCUT2D eigenvalue weighted by atomic mass is 35.5. The maximum atomic E-state index is 12.8. The van der Waals surface area contributed by atoms with Crippen LogP contribution < -0.4 is 20.1 Å². The number of carbonyl (C=O) groups is 3. The number of rotatable bonds is 9. The zero-order valence-corrected chi connectivity index (χ0v) is 19.1. The normalized spacial score (nSPS) is 14.3. The molecule has 0 aliphatic carbocycles. The average Bonchev–Trinajstić information content (AvgIpc) is 3.02. The fraction of sp³-hybridized carbons (Fsp3) is 0.208. The SMILES string of the molecule is C=CCOc1c(Cl)cc(/C=C2/NC(=O)N(CC(=O)Nc3ccc(C)cc3)C2=O)cc1OCC. The number of hydrogen-bond acceptors (Lipinski definition) is 5. The second-order valence-corrected chi connectivity index (χ2v) is 7.56. The van der Waals surface area contributed by atoms with Crippen LogP contribution in [0.4, 0.5) is 10.5 Å². The minimum absolute atomic E-state index is 0.0152. The number of amides is 4. The van der Waals surface area contributed by atoms with Gasteiger partial charge in [0.05, 0.1) is 11.6 Å². The number of halogens is 1. The van der Waals surface area contributed by atoms with Crippen molar-refractivity contribution >= 4 is 41.2 Å². The maximum Gasteiger partial charge on any atom is 0.329 e. The summed E-state index contributed by atoms with van der Waals surface area (Å²) in [5.41, 5.74) is 2.15. The van der Waals surface area contributed by atoms with Crippen LogP contribution in [0.3, 0.4) is 0 Å². The van der Waals surface area contributed by atoms with E-state index in [0.717, 1.165) is 10.5 Å².